The van der Waals surface area contributed by atoms with E-state index >= 15 is 0 Å². The minimum atomic E-state index is -0.0720. The van der Waals surface area contributed by atoms with Gasteiger partial charge in [-0.05, 0) is 41.1 Å². The van der Waals surface area contributed by atoms with Gasteiger partial charge in [-0.25, -0.2) is 0 Å². The van der Waals surface area contributed by atoms with Crippen LogP contribution in [0.2, 0.25) is 0 Å². The van der Waals surface area contributed by atoms with Crippen molar-refractivity contribution >= 4 is 22.2 Å². The first-order valence-corrected chi connectivity index (χ1v) is 5.80. The molecule has 0 radical (unpaired) electrons. The summed E-state index contributed by atoms with van der Waals surface area (Å²) in [5, 5.41) is 0. The van der Waals surface area contributed by atoms with Gasteiger partial charge < -0.3 is 8.98 Å². The van der Waals surface area contributed by atoms with Crippen molar-refractivity contribution in [1.29, 1.82) is 0 Å². The lowest BCUT2D eigenvalue weighted by molar-refractivity contribution is 0.109. The average Bonchev–Trinajstić information content (AvgIpc) is 2.73. The van der Waals surface area contributed by atoms with Crippen LogP contribution in [0.5, 0.6) is 0 Å². The van der Waals surface area contributed by atoms with Gasteiger partial charge in [-0.1, -0.05) is 0 Å². The summed E-state index contributed by atoms with van der Waals surface area (Å²) in [5.41, 5.74) is 0.582. The predicted octanol–water partition coefficient (Wildman–Crippen LogP) is 2.37. The molecule has 0 bridgehead atoms. The Hall–Kier alpha value is -1.62. The van der Waals surface area contributed by atoms with Crippen LogP contribution >= 0.6 is 15.9 Å². The normalized spacial score (nSPS) is 10.5. The predicted molar refractivity (Wildman–Crippen MR) is 66.3 cm³/mol. The molecule has 2 heterocycles. The van der Waals surface area contributed by atoms with Crippen molar-refractivity contribution in [1.82, 2.24) is 4.57 Å². The second-order valence-electron chi connectivity index (χ2n) is 3.70. The summed E-state index contributed by atoms with van der Waals surface area (Å²) in [7, 11) is 0. The molecule has 0 saturated heterocycles. The molecule has 88 valence electrons. The highest BCUT2D eigenvalue weighted by atomic mass is 79.9. The highest BCUT2D eigenvalue weighted by Gasteiger charge is 2.06. The van der Waals surface area contributed by atoms with E-state index in [2.05, 4.69) is 15.9 Å². The molecular formula is C12H10BrNO3. The lowest BCUT2D eigenvalue weighted by Crippen LogP contribution is -2.21. The first-order valence-electron chi connectivity index (χ1n) is 5.00. The van der Waals surface area contributed by atoms with Crippen LogP contribution in [0.1, 0.15) is 21.9 Å². The average molecular weight is 296 g/mol. The van der Waals surface area contributed by atoms with Gasteiger partial charge in [0.25, 0.3) is 5.56 Å². The van der Waals surface area contributed by atoms with Gasteiger partial charge in [0.05, 0.1) is 6.54 Å². The maximum Gasteiger partial charge on any atom is 0.253 e. The summed E-state index contributed by atoms with van der Waals surface area (Å²) < 4.78 is 7.59. The summed E-state index contributed by atoms with van der Waals surface area (Å²) in [5.74, 6) is 0.839. The lowest BCUT2D eigenvalue weighted by Gasteiger charge is -2.05. The van der Waals surface area contributed by atoms with Crippen molar-refractivity contribution in [3.05, 3.63) is 56.3 Å². The number of aldehydes is 1. The van der Waals surface area contributed by atoms with E-state index in [9.17, 15) is 9.59 Å². The van der Waals surface area contributed by atoms with E-state index < -0.39 is 0 Å². The van der Waals surface area contributed by atoms with E-state index in [0.29, 0.717) is 24.2 Å². The van der Waals surface area contributed by atoms with Crippen molar-refractivity contribution in [3.63, 3.8) is 0 Å². The number of hydrogen-bond donors (Lipinski definition) is 0. The van der Waals surface area contributed by atoms with Crippen LogP contribution < -0.4 is 5.56 Å². The van der Waals surface area contributed by atoms with Gasteiger partial charge in [-0.2, -0.15) is 0 Å². The minimum absolute atomic E-state index is 0.0720. The molecule has 0 saturated carbocycles. The first-order chi connectivity index (χ1) is 8.10. The zero-order valence-corrected chi connectivity index (χ0v) is 10.7. The second kappa shape index (κ2) is 4.71. The topological polar surface area (TPSA) is 52.2 Å². The summed E-state index contributed by atoms with van der Waals surface area (Å²) in [6.07, 6.45) is 2.33. The van der Waals surface area contributed by atoms with Crippen molar-refractivity contribution in [3.8, 4) is 0 Å². The molecular weight excluding hydrogens is 286 g/mol. The maximum atomic E-state index is 11.8. The molecule has 0 amide bonds. The number of halogens is 1. The fourth-order valence-electron chi connectivity index (χ4n) is 1.57. The quantitative estimate of drug-likeness (QED) is 0.817. The van der Waals surface area contributed by atoms with Crippen molar-refractivity contribution < 1.29 is 9.21 Å². The smallest absolute Gasteiger partial charge is 0.253 e. The van der Waals surface area contributed by atoms with Crippen LogP contribution in [-0.4, -0.2) is 10.9 Å². The number of carbonyl (C=O) groups is 1. The molecule has 0 N–H and O–H groups in total. The molecule has 0 unspecified atom stereocenters. The third-order valence-electron chi connectivity index (χ3n) is 2.36. The molecule has 0 fully saturated rings. The number of hydrogen-bond acceptors (Lipinski definition) is 3. The number of rotatable bonds is 3. The molecule has 2 aromatic heterocycles. The lowest BCUT2D eigenvalue weighted by atomic mass is 10.3. The van der Waals surface area contributed by atoms with Crippen LogP contribution in [-0.2, 0) is 6.54 Å². The number of furan rings is 1. The Morgan fingerprint density at radius 1 is 1.47 bits per heavy atom. The minimum Gasteiger partial charge on any atom is -0.456 e. The van der Waals surface area contributed by atoms with Crippen molar-refractivity contribution in [2.45, 2.75) is 13.5 Å². The van der Waals surface area contributed by atoms with Gasteiger partial charge >= 0.3 is 0 Å². The number of aryl methyl sites for hydroxylation is 1. The Bertz CT molecular complexity index is 612. The van der Waals surface area contributed by atoms with Gasteiger partial charge in [0.1, 0.15) is 5.76 Å². The number of nitrogens with zero attached hydrogens (tertiary/aromatic N) is 1. The number of pyridine rings is 1. The standard InChI is InChI=1S/C12H10BrNO3/c1-8-4-9(13)5-14(12(8)16)6-10-2-3-11(7-15)17-10/h2-5,7H,6H2,1H3. The van der Waals surface area contributed by atoms with Crippen LogP contribution in [0, 0.1) is 6.92 Å². The summed E-state index contributed by atoms with van der Waals surface area (Å²) in [6, 6.07) is 5.03. The van der Waals surface area contributed by atoms with Crippen LogP contribution in [0.15, 0.2) is 38.1 Å². The zero-order valence-electron chi connectivity index (χ0n) is 9.14. The summed E-state index contributed by atoms with van der Waals surface area (Å²) >= 11 is 3.33. The Balaban J connectivity index is 2.35. The highest BCUT2D eigenvalue weighted by molar-refractivity contribution is 9.10. The van der Waals surface area contributed by atoms with Crippen LogP contribution in [0.4, 0.5) is 0 Å². The molecule has 0 aliphatic heterocycles. The van der Waals surface area contributed by atoms with Gasteiger partial charge in [-0.15, -0.1) is 0 Å². The molecule has 0 aliphatic rings. The fraction of sp³-hybridized carbons (Fsp3) is 0.167. The van der Waals surface area contributed by atoms with Gasteiger partial charge in [0, 0.05) is 16.2 Å². The summed E-state index contributed by atoms with van der Waals surface area (Å²) in [4.78, 5) is 22.3. The Kier molecular flexibility index (Phi) is 3.28. The molecule has 0 atom stereocenters. The molecule has 0 aromatic carbocycles. The molecule has 0 spiro atoms. The Labute approximate surface area is 106 Å². The molecule has 5 heteroatoms. The van der Waals surface area contributed by atoms with Crippen molar-refractivity contribution in [2.24, 2.45) is 0 Å². The van der Waals surface area contributed by atoms with E-state index in [1.54, 1.807) is 31.3 Å². The molecule has 2 rings (SSSR count). The highest BCUT2D eigenvalue weighted by Crippen LogP contribution is 2.11. The SMILES string of the molecule is Cc1cc(Br)cn(Cc2ccc(C=O)o2)c1=O. The molecule has 4 nitrogen and oxygen atoms in total. The van der Waals surface area contributed by atoms with E-state index in [0.717, 1.165) is 4.47 Å². The molecule has 0 aliphatic carbocycles. The van der Waals surface area contributed by atoms with Gasteiger partial charge in [0.2, 0.25) is 0 Å². The first kappa shape index (κ1) is 11.9. The maximum absolute atomic E-state index is 11.8. The number of carbonyl (C=O) groups excluding carboxylic acids is 1. The van der Waals surface area contributed by atoms with Crippen LogP contribution in [0.3, 0.4) is 0 Å². The van der Waals surface area contributed by atoms with Gasteiger partial charge in [0.15, 0.2) is 12.0 Å². The summed E-state index contributed by atoms with van der Waals surface area (Å²) in [6.45, 7) is 2.07. The van der Waals surface area contributed by atoms with Crippen LogP contribution in [0.25, 0.3) is 0 Å². The monoisotopic (exact) mass is 295 g/mol. The molecule has 17 heavy (non-hydrogen) atoms. The second-order valence-corrected chi connectivity index (χ2v) is 4.61. The fourth-order valence-corrected chi connectivity index (χ4v) is 2.16. The van der Waals surface area contributed by atoms with Crippen molar-refractivity contribution in [2.75, 3.05) is 0 Å². The third kappa shape index (κ3) is 2.55. The number of aromatic nitrogens is 1. The zero-order chi connectivity index (χ0) is 12.4. The molecule has 2 aromatic rings. The Morgan fingerprint density at radius 3 is 2.88 bits per heavy atom. The van der Waals surface area contributed by atoms with Gasteiger partial charge in [-0.3, -0.25) is 9.59 Å². The van der Waals surface area contributed by atoms with E-state index in [1.807, 2.05) is 0 Å². The third-order valence-corrected chi connectivity index (χ3v) is 2.79. The largest absolute Gasteiger partial charge is 0.456 e. The Morgan fingerprint density at radius 2 is 2.24 bits per heavy atom. The van der Waals surface area contributed by atoms with E-state index in [-0.39, 0.29) is 11.3 Å². The van der Waals surface area contributed by atoms with E-state index in [1.165, 1.54) is 4.57 Å². The van der Waals surface area contributed by atoms with E-state index in [4.69, 9.17) is 4.42 Å².